The van der Waals surface area contributed by atoms with Gasteiger partial charge in [0.1, 0.15) is 18.8 Å². The SMILES string of the molecule is CC/C=C\C/C=C\C/C=C\C/C=C\C/C=C\CCCC(=O)NC1C(OC(C)=O)[C@H](OC(C)=O)C(COC(C)=O)O[C@H]1OC(=O)C(C)c1cccc(C(=O)c2ccccc2)c1. The molecule has 12 heteroatoms. The van der Waals surface area contributed by atoms with Gasteiger partial charge in [0.2, 0.25) is 12.2 Å². The standard InChI is InChI=1S/C48H59NO11/c1-6-7-8-9-10-11-12-13-14-15-16-17-18-19-20-21-25-31-42(53)49-43-46(58-37(5)52)45(57-36(4)51)41(33-56-35(3)50)59-48(43)60-47(55)34(2)39-29-26-30-40(32-39)44(54)38-27-23-22-24-28-38/h7-8,10-11,13-14,16-17,19-20,22-24,26-30,32,34,41,43,45-46,48H,6,9,12,15,18,21,25,31,33H2,1-5H3,(H,49,53)/b8-7-,11-10-,14-13-,17-16-,20-19-/t34?,41?,43?,45-,46?,48+/m1/s1. The van der Waals surface area contributed by atoms with Gasteiger partial charge in [0.05, 0.1) is 5.92 Å². The average Bonchev–Trinajstić information content (AvgIpc) is 3.22. The summed E-state index contributed by atoms with van der Waals surface area (Å²) in [5.74, 6) is -4.62. The Kier molecular flexibility index (Phi) is 21.8. The molecule has 1 heterocycles. The smallest absolute Gasteiger partial charge is 0.315 e. The number of rotatable bonds is 23. The van der Waals surface area contributed by atoms with E-state index in [0.29, 0.717) is 29.5 Å². The molecule has 1 saturated heterocycles. The Bertz CT molecular complexity index is 1860. The van der Waals surface area contributed by atoms with E-state index < -0.39 is 73.0 Å². The summed E-state index contributed by atoms with van der Waals surface area (Å²) in [6, 6.07) is 13.9. The minimum atomic E-state index is -1.58. The summed E-state index contributed by atoms with van der Waals surface area (Å²) < 4.78 is 28.3. The molecule has 4 unspecified atom stereocenters. The molecular weight excluding hydrogens is 767 g/mol. The molecule has 3 rings (SSSR count). The molecule has 0 bridgehead atoms. The van der Waals surface area contributed by atoms with E-state index >= 15 is 0 Å². The number of allylic oxidation sites excluding steroid dienone is 10. The molecule has 0 spiro atoms. The number of carbonyl (C=O) groups is 6. The summed E-state index contributed by atoms with van der Waals surface area (Å²) in [6.45, 7) is 6.70. The van der Waals surface area contributed by atoms with Crippen LogP contribution in [0.5, 0.6) is 0 Å². The van der Waals surface area contributed by atoms with Gasteiger partial charge in [-0.25, -0.2) is 0 Å². The van der Waals surface area contributed by atoms with Crippen LogP contribution in [-0.2, 0) is 47.7 Å². The number of unbranched alkanes of at least 4 members (excludes halogenated alkanes) is 1. The zero-order valence-electron chi connectivity index (χ0n) is 35.3. The summed E-state index contributed by atoms with van der Waals surface area (Å²) in [5, 5.41) is 2.78. The van der Waals surface area contributed by atoms with Crippen LogP contribution in [0.4, 0.5) is 0 Å². The number of hydrogen-bond donors (Lipinski definition) is 1. The molecule has 1 fully saturated rings. The average molecular weight is 826 g/mol. The molecule has 0 aromatic heterocycles. The lowest BCUT2D eigenvalue weighted by atomic mass is 9.94. The highest BCUT2D eigenvalue weighted by molar-refractivity contribution is 6.09. The van der Waals surface area contributed by atoms with Gasteiger partial charge in [-0.05, 0) is 63.5 Å². The molecule has 1 aliphatic heterocycles. The Hall–Kier alpha value is -5.88. The number of hydrogen-bond acceptors (Lipinski definition) is 11. The van der Waals surface area contributed by atoms with Gasteiger partial charge in [0.25, 0.3) is 0 Å². The molecule has 1 N–H and O–H groups in total. The number of carbonyl (C=O) groups excluding carboxylic acids is 6. The minimum absolute atomic E-state index is 0.0615. The summed E-state index contributed by atoms with van der Waals surface area (Å²) in [4.78, 5) is 76.9. The molecule has 6 atom stereocenters. The van der Waals surface area contributed by atoms with Crippen LogP contribution in [-0.4, -0.2) is 72.8 Å². The highest BCUT2D eigenvalue weighted by atomic mass is 16.7. The predicted molar refractivity (Wildman–Crippen MR) is 227 cm³/mol. The first-order valence-electron chi connectivity index (χ1n) is 20.5. The molecule has 12 nitrogen and oxygen atoms in total. The van der Waals surface area contributed by atoms with Crippen LogP contribution in [0.2, 0.25) is 0 Å². The lowest BCUT2D eigenvalue weighted by Crippen LogP contribution is -2.67. The van der Waals surface area contributed by atoms with Gasteiger partial charge >= 0.3 is 23.9 Å². The third-order valence-corrected chi connectivity index (χ3v) is 9.23. The van der Waals surface area contributed by atoms with Crippen molar-refractivity contribution in [1.82, 2.24) is 5.32 Å². The first kappa shape index (κ1) is 48.5. The summed E-state index contributed by atoms with van der Waals surface area (Å²) in [7, 11) is 0. The molecule has 0 aliphatic carbocycles. The van der Waals surface area contributed by atoms with Crippen molar-refractivity contribution >= 4 is 35.6 Å². The third-order valence-electron chi connectivity index (χ3n) is 9.23. The number of benzene rings is 2. The molecule has 0 saturated carbocycles. The largest absolute Gasteiger partial charge is 0.463 e. The second-order valence-corrected chi connectivity index (χ2v) is 14.2. The normalized spacial score (nSPS) is 19.8. The number of amides is 1. The van der Waals surface area contributed by atoms with Gasteiger partial charge < -0.3 is 29.0 Å². The van der Waals surface area contributed by atoms with Crippen molar-refractivity contribution in [3.8, 4) is 0 Å². The van der Waals surface area contributed by atoms with Crippen molar-refractivity contribution in [2.45, 2.75) is 123 Å². The van der Waals surface area contributed by atoms with Crippen LogP contribution >= 0.6 is 0 Å². The Morgan fingerprint density at radius 1 is 0.683 bits per heavy atom. The van der Waals surface area contributed by atoms with E-state index in [1.807, 2.05) is 12.2 Å². The second-order valence-electron chi connectivity index (χ2n) is 14.2. The van der Waals surface area contributed by atoms with Crippen LogP contribution < -0.4 is 5.32 Å². The van der Waals surface area contributed by atoms with E-state index in [-0.39, 0.29) is 12.2 Å². The first-order valence-corrected chi connectivity index (χ1v) is 20.5. The third kappa shape index (κ3) is 17.5. The molecule has 2 aromatic rings. The van der Waals surface area contributed by atoms with Crippen LogP contribution in [0, 0.1) is 0 Å². The fourth-order valence-electron chi connectivity index (χ4n) is 6.22. The summed E-state index contributed by atoms with van der Waals surface area (Å²) in [6.07, 6.45) is 21.1. The van der Waals surface area contributed by atoms with Gasteiger partial charge in [-0.3, -0.25) is 28.8 Å². The second kappa shape index (κ2) is 27.0. The summed E-state index contributed by atoms with van der Waals surface area (Å²) >= 11 is 0. The fraction of sp³-hybridized carbons (Fsp3) is 0.417. The molecule has 322 valence electrons. The topological polar surface area (TPSA) is 161 Å². The number of nitrogens with one attached hydrogen (secondary N) is 1. The molecule has 1 aliphatic rings. The van der Waals surface area contributed by atoms with Crippen molar-refractivity contribution in [2.24, 2.45) is 0 Å². The van der Waals surface area contributed by atoms with E-state index in [1.54, 1.807) is 61.5 Å². The Morgan fingerprint density at radius 3 is 1.83 bits per heavy atom. The number of ketones is 1. The quantitative estimate of drug-likeness (QED) is 0.0379. The number of esters is 4. The monoisotopic (exact) mass is 825 g/mol. The van der Waals surface area contributed by atoms with Crippen molar-refractivity contribution < 1.29 is 52.5 Å². The highest BCUT2D eigenvalue weighted by Gasteiger charge is 2.52. The van der Waals surface area contributed by atoms with Gasteiger partial charge in [-0.15, -0.1) is 0 Å². The summed E-state index contributed by atoms with van der Waals surface area (Å²) in [5.41, 5.74) is 1.32. The Balaban J connectivity index is 1.70. The maximum absolute atomic E-state index is 13.8. The molecule has 0 radical (unpaired) electrons. The van der Waals surface area contributed by atoms with Crippen molar-refractivity contribution in [1.29, 1.82) is 0 Å². The maximum Gasteiger partial charge on any atom is 0.315 e. The van der Waals surface area contributed by atoms with Crippen molar-refractivity contribution in [2.75, 3.05) is 6.61 Å². The zero-order chi connectivity index (χ0) is 43.7. The Morgan fingerprint density at radius 2 is 1.25 bits per heavy atom. The highest BCUT2D eigenvalue weighted by Crippen LogP contribution is 2.30. The molecular formula is C48H59NO11. The molecule has 60 heavy (non-hydrogen) atoms. The van der Waals surface area contributed by atoms with Crippen LogP contribution in [0.1, 0.15) is 113 Å². The maximum atomic E-state index is 13.8. The van der Waals surface area contributed by atoms with E-state index in [1.165, 1.54) is 6.92 Å². The molecule has 1 amide bonds. The lowest BCUT2D eigenvalue weighted by Gasteiger charge is -2.44. The first-order chi connectivity index (χ1) is 28.9. The van der Waals surface area contributed by atoms with Crippen LogP contribution in [0.15, 0.2) is 115 Å². The number of ether oxygens (including phenoxy) is 5. The van der Waals surface area contributed by atoms with E-state index in [9.17, 15) is 28.8 Å². The minimum Gasteiger partial charge on any atom is -0.463 e. The van der Waals surface area contributed by atoms with Gasteiger partial charge in [-0.1, -0.05) is 116 Å². The van der Waals surface area contributed by atoms with E-state index in [4.69, 9.17) is 23.7 Å². The van der Waals surface area contributed by atoms with Gasteiger partial charge in [-0.2, -0.15) is 0 Å². The predicted octanol–water partition coefficient (Wildman–Crippen LogP) is 8.12. The fourth-order valence-corrected chi connectivity index (χ4v) is 6.22. The lowest BCUT2D eigenvalue weighted by molar-refractivity contribution is -0.272. The van der Waals surface area contributed by atoms with Gasteiger partial charge in [0, 0.05) is 38.3 Å². The van der Waals surface area contributed by atoms with Crippen LogP contribution in [0.3, 0.4) is 0 Å². The van der Waals surface area contributed by atoms with E-state index in [0.717, 1.165) is 46.0 Å². The zero-order valence-corrected chi connectivity index (χ0v) is 35.3. The van der Waals surface area contributed by atoms with Gasteiger partial charge in [0.15, 0.2) is 18.0 Å². The van der Waals surface area contributed by atoms with E-state index in [2.05, 4.69) is 60.8 Å². The molecule has 2 aromatic carbocycles. The van der Waals surface area contributed by atoms with Crippen molar-refractivity contribution in [3.63, 3.8) is 0 Å². The van der Waals surface area contributed by atoms with Crippen LogP contribution in [0.25, 0.3) is 0 Å². The van der Waals surface area contributed by atoms with Crippen molar-refractivity contribution in [3.05, 3.63) is 132 Å². The Labute approximate surface area is 353 Å².